The fourth-order valence-electron chi connectivity index (χ4n) is 3.62. The summed E-state index contributed by atoms with van der Waals surface area (Å²) >= 11 is 0. The number of nitrogens with one attached hydrogen (secondary N) is 1. The summed E-state index contributed by atoms with van der Waals surface area (Å²) in [4.78, 5) is 32.0. The van der Waals surface area contributed by atoms with Crippen molar-refractivity contribution in [2.45, 2.75) is 59.1 Å². The molecule has 0 bridgehead atoms. The van der Waals surface area contributed by atoms with Gasteiger partial charge >= 0.3 is 0 Å². The molecule has 0 saturated carbocycles. The lowest BCUT2D eigenvalue weighted by atomic mass is 9.87. The van der Waals surface area contributed by atoms with Crippen LogP contribution in [0.5, 0.6) is 0 Å². The Morgan fingerprint density at radius 1 is 1.24 bits per heavy atom. The number of aliphatic hydroxyl groups is 1. The molecule has 1 aromatic carbocycles. The SMILES string of the molecule is CC(C)(C)C(O)CCNC(=O)CCn1c(=O)c(N2CCCC2)nc2ccccc21. The normalized spacial score (nSPS) is 15.7. The number of carbonyl (C=O) groups is 1. The molecule has 0 radical (unpaired) electrons. The Kier molecular flexibility index (Phi) is 6.57. The molecule has 1 aliphatic heterocycles. The molecule has 29 heavy (non-hydrogen) atoms. The predicted molar refractivity (Wildman–Crippen MR) is 115 cm³/mol. The maximum Gasteiger partial charge on any atom is 0.294 e. The zero-order valence-corrected chi connectivity index (χ0v) is 17.6. The molecule has 1 aliphatic rings. The average Bonchev–Trinajstić information content (AvgIpc) is 3.20. The zero-order chi connectivity index (χ0) is 21.0. The summed E-state index contributed by atoms with van der Waals surface area (Å²) in [6, 6.07) is 7.56. The van der Waals surface area contributed by atoms with Crippen LogP contribution in [0.4, 0.5) is 5.82 Å². The molecule has 7 heteroatoms. The molecule has 2 N–H and O–H groups in total. The van der Waals surface area contributed by atoms with Gasteiger partial charge in [0.1, 0.15) is 0 Å². The van der Waals surface area contributed by atoms with Gasteiger partial charge in [0.25, 0.3) is 5.56 Å². The van der Waals surface area contributed by atoms with Crippen LogP contribution < -0.4 is 15.8 Å². The maximum absolute atomic E-state index is 13.1. The number of hydrogen-bond donors (Lipinski definition) is 2. The fraction of sp³-hybridized carbons (Fsp3) is 0.591. The fourth-order valence-corrected chi connectivity index (χ4v) is 3.62. The third-order valence-electron chi connectivity index (χ3n) is 5.54. The highest BCUT2D eigenvalue weighted by Gasteiger charge is 2.22. The highest BCUT2D eigenvalue weighted by atomic mass is 16.3. The van der Waals surface area contributed by atoms with Crippen LogP contribution in [0.25, 0.3) is 11.0 Å². The van der Waals surface area contributed by atoms with E-state index < -0.39 is 6.10 Å². The minimum atomic E-state index is -0.474. The molecule has 1 fully saturated rings. The summed E-state index contributed by atoms with van der Waals surface area (Å²) in [5, 5.41) is 12.9. The Hall–Kier alpha value is -2.41. The Morgan fingerprint density at radius 3 is 2.62 bits per heavy atom. The molecule has 158 valence electrons. The number of nitrogens with zero attached hydrogens (tertiary/aromatic N) is 3. The highest BCUT2D eigenvalue weighted by Crippen LogP contribution is 2.21. The van der Waals surface area contributed by atoms with Gasteiger partial charge in [-0.05, 0) is 36.8 Å². The number of para-hydroxylation sites is 2. The van der Waals surface area contributed by atoms with Gasteiger partial charge in [-0.2, -0.15) is 0 Å². The van der Waals surface area contributed by atoms with Crippen LogP contribution in [0.2, 0.25) is 0 Å². The molecule has 0 aliphatic carbocycles. The van der Waals surface area contributed by atoms with E-state index in [2.05, 4.69) is 10.3 Å². The third kappa shape index (κ3) is 5.15. The van der Waals surface area contributed by atoms with E-state index in [9.17, 15) is 14.7 Å². The summed E-state index contributed by atoms with van der Waals surface area (Å²) in [6.45, 7) is 8.32. The second kappa shape index (κ2) is 8.95. The van der Waals surface area contributed by atoms with Gasteiger partial charge in [0.15, 0.2) is 5.82 Å². The summed E-state index contributed by atoms with van der Waals surface area (Å²) in [7, 11) is 0. The second-order valence-corrected chi connectivity index (χ2v) is 8.85. The molecule has 7 nitrogen and oxygen atoms in total. The van der Waals surface area contributed by atoms with Crippen molar-refractivity contribution in [2.75, 3.05) is 24.5 Å². The van der Waals surface area contributed by atoms with Gasteiger partial charge < -0.3 is 19.9 Å². The number of benzene rings is 1. The standard InChI is InChI=1S/C22H32N4O3/c1-22(2,3)18(27)10-12-23-19(28)11-15-26-17-9-5-4-8-16(17)24-20(21(26)29)25-13-6-7-14-25/h4-5,8-9,18,27H,6-7,10-15H2,1-3H3,(H,23,28). The molecule has 1 unspecified atom stereocenters. The van der Waals surface area contributed by atoms with Crippen LogP contribution in [-0.2, 0) is 11.3 Å². The number of aryl methyl sites for hydroxylation is 1. The van der Waals surface area contributed by atoms with Gasteiger partial charge in [-0.25, -0.2) is 4.98 Å². The predicted octanol–water partition coefficient (Wildman–Crippen LogP) is 2.30. The summed E-state index contributed by atoms with van der Waals surface area (Å²) in [5.74, 6) is 0.358. The van der Waals surface area contributed by atoms with Crippen LogP contribution in [0, 0.1) is 5.41 Å². The highest BCUT2D eigenvalue weighted by molar-refractivity contribution is 5.78. The first-order valence-electron chi connectivity index (χ1n) is 10.5. The van der Waals surface area contributed by atoms with Crippen LogP contribution in [-0.4, -0.2) is 46.3 Å². The van der Waals surface area contributed by atoms with E-state index in [1.165, 1.54) is 0 Å². The smallest absolute Gasteiger partial charge is 0.294 e. The number of hydrogen-bond acceptors (Lipinski definition) is 5. The molecule has 1 aromatic heterocycles. The molecule has 3 rings (SSSR count). The van der Waals surface area contributed by atoms with E-state index in [1.54, 1.807) is 4.57 Å². The molecule has 1 amide bonds. The van der Waals surface area contributed by atoms with Gasteiger partial charge in [0.05, 0.1) is 17.1 Å². The molecular weight excluding hydrogens is 368 g/mol. The largest absolute Gasteiger partial charge is 0.393 e. The van der Waals surface area contributed by atoms with E-state index in [4.69, 9.17) is 0 Å². The Labute approximate surface area is 171 Å². The number of anilines is 1. The van der Waals surface area contributed by atoms with Crippen molar-refractivity contribution in [1.82, 2.24) is 14.9 Å². The Morgan fingerprint density at radius 2 is 1.93 bits per heavy atom. The molecule has 1 saturated heterocycles. The van der Waals surface area contributed by atoms with Crippen LogP contribution in [0.15, 0.2) is 29.1 Å². The van der Waals surface area contributed by atoms with E-state index in [1.807, 2.05) is 49.9 Å². The number of fused-ring (bicyclic) bond motifs is 1. The number of amides is 1. The summed E-state index contributed by atoms with van der Waals surface area (Å²) < 4.78 is 1.67. The van der Waals surface area contributed by atoms with E-state index in [-0.39, 0.29) is 23.3 Å². The maximum atomic E-state index is 13.1. The second-order valence-electron chi connectivity index (χ2n) is 8.85. The first-order chi connectivity index (χ1) is 13.8. The van der Waals surface area contributed by atoms with Crippen molar-refractivity contribution in [3.63, 3.8) is 0 Å². The van der Waals surface area contributed by atoms with Gasteiger partial charge in [0.2, 0.25) is 5.91 Å². The van der Waals surface area contributed by atoms with E-state index >= 15 is 0 Å². The minimum Gasteiger partial charge on any atom is -0.393 e. The van der Waals surface area contributed by atoms with Crippen molar-refractivity contribution in [3.8, 4) is 0 Å². The number of rotatable bonds is 7. The minimum absolute atomic E-state index is 0.123. The van der Waals surface area contributed by atoms with E-state index in [0.29, 0.717) is 25.3 Å². The Balaban J connectivity index is 1.70. The third-order valence-corrected chi connectivity index (χ3v) is 5.54. The van der Waals surface area contributed by atoms with Gasteiger partial charge in [-0.3, -0.25) is 9.59 Å². The van der Waals surface area contributed by atoms with Crippen molar-refractivity contribution in [3.05, 3.63) is 34.6 Å². The lowest BCUT2D eigenvalue weighted by Crippen LogP contribution is -2.34. The molecule has 2 heterocycles. The number of aliphatic hydroxyl groups excluding tert-OH is 1. The monoisotopic (exact) mass is 400 g/mol. The molecular formula is C22H32N4O3. The van der Waals surface area contributed by atoms with Crippen molar-refractivity contribution in [2.24, 2.45) is 5.41 Å². The van der Waals surface area contributed by atoms with Gasteiger partial charge in [0, 0.05) is 32.6 Å². The Bertz CT molecular complexity index is 910. The lowest BCUT2D eigenvalue weighted by molar-refractivity contribution is -0.121. The summed E-state index contributed by atoms with van der Waals surface area (Å²) in [6.07, 6.45) is 2.37. The lowest BCUT2D eigenvalue weighted by Gasteiger charge is -2.25. The van der Waals surface area contributed by atoms with Crippen molar-refractivity contribution in [1.29, 1.82) is 0 Å². The first-order valence-corrected chi connectivity index (χ1v) is 10.5. The number of aromatic nitrogens is 2. The first kappa shape index (κ1) is 21.3. The number of carbonyl (C=O) groups excluding carboxylic acids is 1. The van der Waals surface area contributed by atoms with Gasteiger partial charge in [-0.1, -0.05) is 32.9 Å². The van der Waals surface area contributed by atoms with Crippen LogP contribution >= 0.6 is 0 Å². The quantitative estimate of drug-likeness (QED) is 0.745. The van der Waals surface area contributed by atoms with Crippen molar-refractivity contribution >= 4 is 22.8 Å². The summed E-state index contributed by atoms with van der Waals surface area (Å²) in [5.41, 5.74) is 1.17. The molecule has 0 spiro atoms. The molecule has 2 aromatic rings. The zero-order valence-electron chi connectivity index (χ0n) is 17.6. The van der Waals surface area contributed by atoms with Crippen LogP contribution in [0.3, 0.4) is 0 Å². The van der Waals surface area contributed by atoms with E-state index in [0.717, 1.165) is 37.0 Å². The van der Waals surface area contributed by atoms with Crippen molar-refractivity contribution < 1.29 is 9.90 Å². The van der Waals surface area contributed by atoms with Gasteiger partial charge in [-0.15, -0.1) is 0 Å². The average molecular weight is 401 g/mol. The van der Waals surface area contributed by atoms with Crippen LogP contribution in [0.1, 0.15) is 46.5 Å². The molecule has 1 atom stereocenters. The topological polar surface area (TPSA) is 87.5 Å².